The van der Waals surface area contributed by atoms with Crippen molar-refractivity contribution in [2.24, 2.45) is 0 Å². The van der Waals surface area contributed by atoms with Crippen LogP contribution in [0.25, 0.3) is 0 Å². The minimum Gasteiger partial charge on any atom is -0.497 e. The number of hydrogen-bond donors (Lipinski definition) is 1. The number of ether oxygens (including phenoxy) is 1. The summed E-state index contributed by atoms with van der Waals surface area (Å²) in [4.78, 5) is 11.5. The summed E-state index contributed by atoms with van der Waals surface area (Å²) in [6, 6.07) is 5.96. The fourth-order valence-electron chi connectivity index (χ4n) is 2.47. The maximum Gasteiger partial charge on any atom is 0.220 e. The van der Waals surface area contributed by atoms with Gasteiger partial charge in [0.1, 0.15) is 5.75 Å². The van der Waals surface area contributed by atoms with Crippen molar-refractivity contribution in [3.05, 3.63) is 28.2 Å². The van der Waals surface area contributed by atoms with E-state index in [1.54, 1.807) is 7.11 Å². The molecule has 2 rings (SSSR count). The van der Waals surface area contributed by atoms with Crippen LogP contribution in [-0.2, 0) is 11.2 Å². The number of rotatable bonds is 4. The molecule has 18 heavy (non-hydrogen) atoms. The predicted molar refractivity (Wildman–Crippen MR) is 74.8 cm³/mol. The highest BCUT2D eigenvalue weighted by molar-refractivity contribution is 9.10. The average molecular weight is 312 g/mol. The summed E-state index contributed by atoms with van der Waals surface area (Å²) in [7, 11) is 1.67. The first-order chi connectivity index (χ1) is 8.58. The molecule has 0 saturated carbocycles. The van der Waals surface area contributed by atoms with E-state index < -0.39 is 0 Å². The smallest absolute Gasteiger partial charge is 0.220 e. The Morgan fingerprint density at radius 1 is 1.50 bits per heavy atom. The Kier molecular flexibility index (Phi) is 3.95. The van der Waals surface area contributed by atoms with E-state index in [0.29, 0.717) is 6.42 Å². The van der Waals surface area contributed by atoms with E-state index >= 15 is 0 Å². The van der Waals surface area contributed by atoms with E-state index in [1.165, 1.54) is 5.56 Å². The topological polar surface area (TPSA) is 38.3 Å². The van der Waals surface area contributed by atoms with E-state index in [1.807, 2.05) is 18.2 Å². The Morgan fingerprint density at radius 2 is 2.28 bits per heavy atom. The summed E-state index contributed by atoms with van der Waals surface area (Å²) < 4.78 is 6.32. The molecule has 1 aliphatic heterocycles. The standard InChI is InChI=1S/C14H18BrNO2/c1-3-14(7-6-13(17)16-14)9-10-8-11(18-2)4-5-12(10)15/h4-5,8H,3,6-7,9H2,1-2H3,(H,16,17). The molecule has 1 heterocycles. The van der Waals surface area contributed by atoms with Crippen molar-refractivity contribution in [2.45, 2.75) is 38.1 Å². The zero-order valence-corrected chi connectivity index (χ0v) is 12.3. The second kappa shape index (κ2) is 5.31. The summed E-state index contributed by atoms with van der Waals surface area (Å²) in [6.45, 7) is 2.12. The lowest BCUT2D eigenvalue weighted by atomic mass is 9.87. The SMILES string of the molecule is CCC1(Cc2cc(OC)ccc2Br)CCC(=O)N1. The van der Waals surface area contributed by atoms with Crippen molar-refractivity contribution in [1.82, 2.24) is 5.32 Å². The van der Waals surface area contributed by atoms with Crippen molar-refractivity contribution in [1.29, 1.82) is 0 Å². The van der Waals surface area contributed by atoms with Crippen molar-refractivity contribution >= 4 is 21.8 Å². The van der Waals surface area contributed by atoms with Crippen molar-refractivity contribution < 1.29 is 9.53 Å². The maximum absolute atomic E-state index is 11.5. The third-order valence-corrected chi connectivity index (χ3v) is 4.47. The highest BCUT2D eigenvalue weighted by atomic mass is 79.9. The fraction of sp³-hybridized carbons (Fsp3) is 0.500. The number of hydrogen-bond acceptors (Lipinski definition) is 2. The monoisotopic (exact) mass is 311 g/mol. The zero-order valence-electron chi connectivity index (χ0n) is 10.8. The molecule has 0 bridgehead atoms. The molecule has 1 aromatic rings. The lowest BCUT2D eigenvalue weighted by molar-refractivity contribution is -0.119. The summed E-state index contributed by atoms with van der Waals surface area (Å²) >= 11 is 3.57. The molecule has 0 aromatic heterocycles. The van der Waals surface area contributed by atoms with Crippen LogP contribution in [-0.4, -0.2) is 18.6 Å². The van der Waals surface area contributed by atoms with Gasteiger partial charge in [0.2, 0.25) is 5.91 Å². The predicted octanol–water partition coefficient (Wildman–Crippen LogP) is 3.06. The number of carbonyl (C=O) groups excluding carboxylic acids is 1. The average Bonchev–Trinajstić information content (AvgIpc) is 2.74. The Bertz CT molecular complexity index is 461. The van der Waals surface area contributed by atoms with Gasteiger partial charge in [-0.1, -0.05) is 22.9 Å². The highest BCUT2D eigenvalue weighted by Gasteiger charge is 2.36. The number of carbonyl (C=O) groups is 1. The Hall–Kier alpha value is -1.03. The first kappa shape index (κ1) is 13.4. The Labute approximate surface area is 116 Å². The van der Waals surface area contributed by atoms with E-state index in [0.717, 1.165) is 29.5 Å². The van der Waals surface area contributed by atoms with Gasteiger partial charge in [-0.15, -0.1) is 0 Å². The third-order valence-electron chi connectivity index (χ3n) is 3.69. The zero-order chi connectivity index (χ0) is 13.2. The van der Waals surface area contributed by atoms with Crippen LogP contribution in [0.5, 0.6) is 5.75 Å². The lowest BCUT2D eigenvalue weighted by Crippen LogP contribution is -2.43. The minimum atomic E-state index is -0.0913. The number of halogens is 1. The van der Waals surface area contributed by atoms with Gasteiger partial charge in [-0.2, -0.15) is 0 Å². The lowest BCUT2D eigenvalue weighted by Gasteiger charge is -2.28. The molecular formula is C14H18BrNO2. The van der Waals surface area contributed by atoms with Crippen LogP contribution in [0.2, 0.25) is 0 Å². The molecule has 4 heteroatoms. The summed E-state index contributed by atoms with van der Waals surface area (Å²) in [5.74, 6) is 1.01. The van der Waals surface area contributed by atoms with Gasteiger partial charge >= 0.3 is 0 Å². The number of amides is 1. The van der Waals surface area contributed by atoms with E-state index in [-0.39, 0.29) is 11.4 Å². The highest BCUT2D eigenvalue weighted by Crippen LogP contribution is 2.32. The molecule has 98 valence electrons. The van der Waals surface area contributed by atoms with E-state index in [9.17, 15) is 4.79 Å². The molecule has 1 saturated heterocycles. The molecule has 1 amide bonds. The Morgan fingerprint density at radius 3 is 2.83 bits per heavy atom. The summed E-state index contributed by atoms with van der Waals surface area (Å²) in [5.41, 5.74) is 1.09. The second-order valence-corrected chi connectivity index (χ2v) is 5.67. The quantitative estimate of drug-likeness (QED) is 0.928. The van der Waals surface area contributed by atoms with Gasteiger partial charge < -0.3 is 10.1 Å². The first-order valence-corrected chi connectivity index (χ1v) is 7.01. The molecule has 1 aliphatic rings. The van der Waals surface area contributed by atoms with Crippen molar-refractivity contribution in [3.63, 3.8) is 0 Å². The molecule has 1 N–H and O–H groups in total. The summed E-state index contributed by atoms with van der Waals surface area (Å²) in [6.07, 6.45) is 3.33. The van der Waals surface area contributed by atoms with Gasteiger partial charge in [-0.3, -0.25) is 4.79 Å². The second-order valence-electron chi connectivity index (χ2n) is 4.82. The van der Waals surface area contributed by atoms with E-state index in [4.69, 9.17) is 4.74 Å². The Balaban J connectivity index is 2.24. The van der Waals surface area contributed by atoms with Crippen LogP contribution >= 0.6 is 15.9 Å². The minimum absolute atomic E-state index is 0.0913. The van der Waals surface area contributed by atoms with E-state index in [2.05, 4.69) is 28.2 Å². The number of nitrogens with one attached hydrogen (secondary N) is 1. The van der Waals surface area contributed by atoms with Gasteiger partial charge in [-0.25, -0.2) is 0 Å². The first-order valence-electron chi connectivity index (χ1n) is 6.22. The number of methoxy groups -OCH3 is 1. The van der Waals surface area contributed by atoms with Gasteiger partial charge in [0.15, 0.2) is 0 Å². The molecule has 0 spiro atoms. The van der Waals surface area contributed by atoms with Crippen LogP contribution in [0.15, 0.2) is 22.7 Å². The molecule has 0 radical (unpaired) electrons. The molecule has 1 unspecified atom stereocenters. The molecule has 0 aliphatic carbocycles. The number of benzene rings is 1. The van der Waals surface area contributed by atoms with Gasteiger partial charge in [0, 0.05) is 16.4 Å². The van der Waals surface area contributed by atoms with Crippen molar-refractivity contribution in [2.75, 3.05) is 7.11 Å². The van der Waals surface area contributed by atoms with Crippen LogP contribution in [0.4, 0.5) is 0 Å². The maximum atomic E-state index is 11.5. The van der Waals surface area contributed by atoms with Crippen LogP contribution < -0.4 is 10.1 Å². The molecule has 1 fully saturated rings. The van der Waals surface area contributed by atoms with Gasteiger partial charge in [0.25, 0.3) is 0 Å². The van der Waals surface area contributed by atoms with Gasteiger partial charge in [0.05, 0.1) is 7.11 Å². The molecule has 1 aromatic carbocycles. The van der Waals surface area contributed by atoms with Crippen molar-refractivity contribution in [3.8, 4) is 5.75 Å². The molecule has 1 atom stereocenters. The summed E-state index contributed by atoms with van der Waals surface area (Å²) in [5, 5.41) is 3.13. The van der Waals surface area contributed by atoms with Crippen LogP contribution in [0.1, 0.15) is 31.7 Å². The van der Waals surface area contributed by atoms with Crippen LogP contribution in [0, 0.1) is 0 Å². The largest absolute Gasteiger partial charge is 0.497 e. The molecule has 3 nitrogen and oxygen atoms in total. The fourth-order valence-corrected chi connectivity index (χ4v) is 2.86. The molecular weight excluding hydrogens is 294 g/mol. The van der Waals surface area contributed by atoms with Crippen LogP contribution in [0.3, 0.4) is 0 Å². The normalized spacial score (nSPS) is 22.9. The van der Waals surface area contributed by atoms with Gasteiger partial charge in [-0.05, 0) is 43.0 Å². The third kappa shape index (κ3) is 2.69.